The summed E-state index contributed by atoms with van der Waals surface area (Å²) in [7, 11) is 0. The molecule has 4 heteroatoms. The molecule has 2 fully saturated rings. The topological polar surface area (TPSA) is 48.4 Å². The van der Waals surface area contributed by atoms with Crippen molar-refractivity contribution in [2.45, 2.75) is 117 Å². The Morgan fingerprint density at radius 1 is 0.848 bits per heavy atom. The summed E-state index contributed by atoms with van der Waals surface area (Å²) >= 11 is 0. The molecule has 1 aromatic heterocycles. The highest BCUT2D eigenvalue weighted by Gasteiger charge is 2.33. The van der Waals surface area contributed by atoms with Crippen LogP contribution in [0.2, 0.25) is 0 Å². The molecular weight excluding hydrogens is 410 g/mol. The number of aromatic nitrogens is 1. The van der Waals surface area contributed by atoms with Gasteiger partial charge in [0.05, 0.1) is 18.7 Å². The average Bonchev–Trinajstić information content (AvgIpc) is 2.86. The van der Waals surface area contributed by atoms with E-state index in [2.05, 4.69) is 18.8 Å². The zero-order chi connectivity index (χ0) is 23.3. The molecule has 0 radical (unpaired) electrons. The Morgan fingerprint density at radius 2 is 1.52 bits per heavy atom. The van der Waals surface area contributed by atoms with Gasteiger partial charge in [0.25, 0.3) is 0 Å². The minimum atomic E-state index is -0.0809. The van der Waals surface area contributed by atoms with Crippen molar-refractivity contribution in [3.05, 3.63) is 18.3 Å². The molecule has 2 saturated carbocycles. The Balaban J connectivity index is 1.32. The van der Waals surface area contributed by atoms with E-state index in [0.29, 0.717) is 18.2 Å². The average molecular weight is 458 g/mol. The Bertz CT molecular complexity index is 658. The lowest BCUT2D eigenvalue weighted by Gasteiger charge is -2.37. The van der Waals surface area contributed by atoms with Crippen LogP contribution in [0.4, 0.5) is 0 Å². The van der Waals surface area contributed by atoms with Crippen LogP contribution in [0.1, 0.15) is 117 Å². The van der Waals surface area contributed by atoms with E-state index in [4.69, 9.17) is 9.47 Å². The highest BCUT2D eigenvalue weighted by atomic mass is 16.5. The Labute approximate surface area is 202 Å². The van der Waals surface area contributed by atoms with Gasteiger partial charge in [-0.15, -0.1) is 0 Å². The van der Waals surface area contributed by atoms with E-state index >= 15 is 0 Å². The van der Waals surface area contributed by atoms with E-state index in [1.165, 1.54) is 83.5 Å². The lowest BCUT2D eigenvalue weighted by molar-refractivity contribution is -0.140. The van der Waals surface area contributed by atoms with Crippen molar-refractivity contribution in [2.75, 3.05) is 6.61 Å². The van der Waals surface area contributed by atoms with Crippen molar-refractivity contribution < 1.29 is 14.3 Å². The number of hydrogen-bond acceptors (Lipinski definition) is 4. The van der Waals surface area contributed by atoms with E-state index in [-0.39, 0.29) is 11.9 Å². The van der Waals surface area contributed by atoms with E-state index < -0.39 is 0 Å². The molecule has 2 aliphatic carbocycles. The highest BCUT2D eigenvalue weighted by Crippen LogP contribution is 2.42. The number of ether oxygens (including phenoxy) is 2. The van der Waals surface area contributed by atoms with Gasteiger partial charge in [0, 0.05) is 6.07 Å². The maximum atomic E-state index is 12.7. The Kier molecular flexibility index (Phi) is 11.5. The third-order valence-electron chi connectivity index (χ3n) is 8.05. The number of unbranched alkanes of at least 4 members (excludes halogenated alkanes) is 5. The molecule has 0 unspecified atom stereocenters. The molecule has 0 amide bonds. The summed E-state index contributed by atoms with van der Waals surface area (Å²) in [6, 6.07) is 3.60. The number of rotatable bonds is 13. The Hall–Kier alpha value is -1.58. The SMILES string of the molecule is CCCCCC[C@H]1CC[C@H]([C@H]2CC[C@H](C(=O)Oc3ccc(OCCCCC)nc3)CC2)CC1. The van der Waals surface area contributed by atoms with Crippen molar-refractivity contribution in [1.29, 1.82) is 0 Å². The predicted octanol–water partition coefficient (Wildman–Crippen LogP) is 8.14. The molecule has 186 valence electrons. The molecule has 1 aromatic rings. The fourth-order valence-corrected chi connectivity index (χ4v) is 5.88. The zero-order valence-corrected chi connectivity index (χ0v) is 21.2. The molecule has 33 heavy (non-hydrogen) atoms. The smallest absolute Gasteiger partial charge is 0.314 e. The van der Waals surface area contributed by atoms with Crippen molar-refractivity contribution in [1.82, 2.24) is 4.98 Å². The minimum Gasteiger partial charge on any atom is -0.478 e. The van der Waals surface area contributed by atoms with Gasteiger partial charge in [-0.25, -0.2) is 4.98 Å². The number of pyridine rings is 1. The molecule has 0 aromatic carbocycles. The second-order valence-corrected chi connectivity index (χ2v) is 10.6. The number of nitrogens with zero attached hydrogens (tertiary/aromatic N) is 1. The summed E-state index contributed by atoms with van der Waals surface area (Å²) in [4.78, 5) is 17.0. The first-order valence-corrected chi connectivity index (χ1v) is 14.0. The van der Waals surface area contributed by atoms with Gasteiger partial charge in [-0.2, -0.15) is 0 Å². The second-order valence-electron chi connectivity index (χ2n) is 10.6. The summed E-state index contributed by atoms with van der Waals surface area (Å²) in [6.07, 6.45) is 22.1. The molecule has 0 spiro atoms. The summed E-state index contributed by atoms with van der Waals surface area (Å²) < 4.78 is 11.3. The quantitative estimate of drug-likeness (QED) is 0.221. The molecule has 2 aliphatic rings. The number of carbonyl (C=O) groups excluding carboxylic acids is 1. The van der Waals surface area contributed by atoms with E-state index in [1.807, 2.05) is 0 Å². The van der Waals surface area contributed by atoms with Crippen molar-refractivity contribution in [2.24, 2.45) is 23.7 Å². The first kappa shape index (κ1) is 26.0. The maximum absolute atomic E-state index is 12.7. The van der Waals surface area contributed by atoms with Crippen LogP contribution < -0.4 is 9.47 Å². The number of esters is 1. The van der Waals surface area contributed by atoms with Crippen LogP contribution in [0.3, 0.4) is 0 Å². The molecule has 3 rings (SSSR count). The zero-order valence-electron chi connectivity index (χ0n) is 21.2. The van der Waals surface area contributed by atoms with E-state index in [9.17, 15) is 4.79 Å². The summed E-state index contributed by atoms with van der Waals surface area (Å²) in [5, 5.41) is 0. The highest BCUT2D eigenvalue weighted by molar-refractivity contribution is 5.75. The molecule has 0 atom stereocenters. The fourth-order valence-electron chi connectivity index (χ4n) is 5.88. The third-order valence-corrected chi connectivity index (χ3v) is 8.05. The standard InChI is InChI=1S/C29H47NO3/c1-3-5-7-8-10-23-11-13-24(14-12-23)25-15-17-26(18-16-25)29(31)33-27-19-20-28(30-22-27)32-21-9-6-4-2/h19-20,22-26H,3-18,21H2,1-2H3/t23-,24-,25-,26-. The summed E-state index contributed by atoms with van der Waals surface area (Å²) in [6.45, 7) is 5.15. The maximum Gasteiger partial charge on any atom is 0.314 e. The van der Waals surface area contributed by atoms with Gasteiger partial charge in [0.2, 0.25) is 5.88 Å². The van der Waals surface area contributed by atoms with E-state index in [0.717, 1.165) is 37.0 Å². The van der Waals surface area contributed by atoms with Crippen LogP contribution >= 0.6 is 0 Å². The van der Waals surface area contributed by atoms with Gasteiger partial charge >= 0.3 is 5.97 Å². The van der Waals surface area contributed by atoms with Gasteiger partial charge in [0.1, 0.15) is 5.75 Å². The second kappa shape index (κ2) is 14.6. The van der Waals surface area contributed by atoms with Crippen LogP contribution in [-0.2, 0) is 4.79 Å². The van der Waals surface area contributed by atoms with Crippen LogP contribution in [0.25, 0.3) is 0 Å². The molecule has 0 N–H and O–H groups in total. The van der Waals surface area contributed by atoms with Crippen LogP contribution in [0, 0.1) is 23.7 Å². The van der Waals surface area contributed by atoms with Gasteiger partial charge in [-0.3, -0.25) is 4.79 Å². The fraction of sp³-hybridized carbons (Fsp3) is 0.793. The summed E-state index contributed by atoms with van der Waals surface area (Å²) in [5.41, 5.74) is 0. The van der Waals surface area contributed by atoms with Crippen LogP contribution in [0.15, 0.2) is 18.3 Å². The lowest BCUT2D eigenvalue weighted by atomic mass is 9.68. The van der Waals surface area contributed by atoms with Crippen LogP contribution in [-0.4, -0.2) is 17.6 Å². The molecule has 4 nitrogen and oxygen atoms in total. The molecule has 1 heterocycles. The van der Waals surface area contributed by atoms with Gasteiger partial charge in [-0.1, -0.05) is 71.6 Å². The third kappa shape index (κ3) is 8.94. The molecule has 0 aliphatic heterocycles. The molecular formula is C29H47NO3. The van der Waals surface area contributed by atoms with Crippen molar-refractivity contribution in [3.63, 3.8) is 0 Å². The van der Waals surface area contributed by atoms with Crippen molar-refractivity contribution in [3.8, 4) is 11.6 Å². The molecule has 0 bridgehead atoms. The monoisotopic (exact) mass is 457 g/mol. The first-order chi connectivity index (χ1) is 16.2. The molecule has 0 saturated heterocycles. The number of hydrogen-bond donors (Lipinski definition) is 0. The van der Waals surface area contributed by atoms with E-state index in [1.54, 1.807) is 18.3 Å². The van der Waals surface area contributed by atoms with Gasteiger partial charge < -0.3 is 9.47 Å². The van der Waals surface area contributed by atoms with Crippen molar-refractivity contribution >= 4 is 5.97 Å². The Morgan fingerprint density at radius 3 is 2.15 bits per heavy atom. The summed E-state index contributed by atoms with van der Waals surface area (Å²) in [5.74, 6) is 3.78. The van der Waals surface area contributed by atoms with Gasteiger partial charge in [-0.05, 0) is 68.8 Å². The predicted molar refractivity (Wildman–Crippen MR) is 135 cm³/mol. The first-order valence-electron chi connectivity index (χ1n) is 14.0. The largest absolute Gasteiger partial charge is 0.478 e. The number of carbonyl (C=O) groups is 1. The lowest BCUT2D eigenvalue weighted by Crippen LogP contribution is -2.30. The minimum absolute atomic E-state index is 0.0427. The van der Waals surface area contributed by atoms with Gasteiger partial charge in [0.15, 0.2) is 0 Å². The van der Waals surface area contributed by atoms with Crippen LogP contribution in [0.5, 0.6) is 11.6 Å². The normalized spacial score (nSPS) is 25.5.